The Morgan fingerprint density at radius 1 is 0.969 bits per heavy atom. The van der Waals surface area contributed by atoms with Gasteiger partial charge >= 0.3 is 5.69 Å². The number of benzene rings is 1. The van der Waals surface area contributed by atoms with Crippen LogP contribution >= 0.6 is 11.3 Å². The summed E-state index contributed by atoms with van der Waals surface area (Å²) in [5.41, 5.74) is 11.5. The summed E-state index contributed by atoms with van der Waals surface area (Å²) in [5, 5.41) is 6.77. The molecule has 32 heavy (non-hydrogen) atoms. The van der Waals surface area contributed by atoms with Crippen molar-refractivity contribution < 1.29 is 0 Å². The fourth-order valence-corrected chi connectivity index (χ4v) is 4.80. The lowest BCUT2D eigenvalue weighted by molar-refractivity contribution is 0.552. The molecule has 7 nitrogen and oxygen atoms in total. The molecule has 1 atom stereocenters. The van der Waals surface area contributed by atoms with Gasteiger partial charge in [0.25, 0.3) is 0 Å². The van der Waals surface area contributed by atoms with Crippen LogP contribution in [0.2, 0.25) is 0 Å². The molecule has 1 unspecified atom stereocenters. The largest absolute Gasteiger partial charge is 0.369 e. The van der Waals surface area contributed by atoms with Gasteiger partial charge in [0.1, 0.15) is 0 Å². The van der Waals surface area contributed by atoms with Crippen LogP contribution in [0.4, 0.5) is 5.95 Å². The van der Waals surface area contributed by atoms with Crippen LogP contribution in [0.1, 0.15) is 29.2 Å². The topological polar surface area (TPSA) is 91.1 Å². The van der Waals surface area contributed by atoms with E-state index in [1.807, 2.05) is 80.7 Å². The van der Waals surface area contributed by atoms with Gasteiger partial charge in [0, 0.05) is 21.8 Å². The van der Waals surface area contributed by atoms with Crippen molar-refractivity contribution >= 4 is 22.9 Å². The average Bonchev–Trinajstić information content (AvgIpc) is 3.42. The van der Waals surface area contributed by atoms with E-state index in [9.17, 15) is 4.79 Å². The summed E-state index contributed by atoms with van der Waals surface area (Å²) in [4.78, 5) is 23.6. The van der Waals surface area contributed by atoms with Crippen molar-refractivity contribution in [3.63, 3.8) is 0 Å². The van der Waals surface area contributed by atoms with Crippen LogP contribution in [0.15, 0.2) is 64.8 Å². The van der Waals surface area contributed by atoms with Crippen LogP contribution in [0.25, 0.3) is 28.0 Å². The zero-order valence-corrected chi connectivity index (χ0v) is 18.8. The molecule has 5 aromatic rings. The Hall–Kier alpha value is -3.78. The van der Waals surface area contributed by atoms with Gasteiger partial charge in [-0.15, -0.1) is 16.4 Å². The van der Waals surface area contributed by atoms with Gasteiger partial charge in [-0.2, -0.15) is 0 Å². The molecule has 0 saturated heterocycles. The number of nitrogens with two attached hydrogens (primary N) is 1. The molecular formula is C24H22N6OS. The highest BCUT2D eigenvalue weighted by atomic mass is 32.1. The normalized spacial score (nSPS) is 12.3. The van der Waals surface area contributed by atoms with Crippen molar-refractivity contribution in [3.8, 4) is 22.4 Å². The van der Waals surface area contributed by atoms with Crippen molar-refractivity contribution in [2.45, 2.75) is 26.8 Å². The highest BCUT2D eigenvalue weighted by Crippen LogP contribution is 2.35. The van der Waals surface area contributed by atoms with E-state index in [-0.39, 0.29) is 17.7 Å². The number of fused-ring (bicyclic) bond motifs is 1. The zero-order valence-electron chi connectivity index (χ0n) is 18.0. The maximum absolute atomic E-state index is 13.4. The van der Waals surface area contributed by atoms with E-state index in [0.29, 0.717) is 11.3 Å². The maximum atomic E-state index is 13.4. The Labute approximate surface area is 188 Å². The second-order valence-electron chi connectivity index (χ2n) is 7.78. The molecule has 0 aliphatic carbocycles. The monoisotopic (exact) mass is 442 g/mol. The van der Waals surface area contributed by atoms with Crippen LogP contribution in [0.5, 0.6) is 0 Å². The molecule has 0 saturated carbocycles. The number of aromatic nitrogens is 5. The second-order valence-corrected chi connectivity index (χ2v) is 8.76. The lowest BCUT2D eigenvalue weighted by Gasteiger charge is -2.13. The first kappa shape index (κ1) is 20.1. The van der Waals surface area contributed by atoms with Crippen molar-refractivity contribution in [1.82, 2.24) is 24.1 Å². The van der Waals surface area contributed by atoms with Gasteiger partial charge in [0.2, 0.25) is 5.95 Å². The predicted octanol–water partition coefficient (Wildman–Crippen LogP) is 4.49. The molecule has 0 fully saturated rings. The van der Waals surface area contributed by atoms with Gasteiger partial charge in [-0.25, -0.2) is 18.9 Å². The summed E-state index contributed by atoms with van der Waals surface area (Å²) in [5.74, 6) is 0.111. The molecule has 0 radical (unpaired) electrons. The van der Waals surface area contributed by atoms with Crippen molar-refractivity contribution in [1.29, 1.82) is 0 Å². The highest BCUT2D eigenvalue weighted by Gasteiger charge is 2.24. The number of nitrogen functional groups attached to an aromatic ring is 1. The molecule has 0 spiro atoms. The van der Waals surface area contributed by atoms with E-state index in [2.05, 4.69) is 9.97 Å². The third-order valence-corrected chi connectivity index (χ3v) is 6.50. The Balaban J connectivity index is 1.88. The van der Waals surface area contributed by atoms with Gasteiger partial charge in [0.05, 0.1) is 17.3 Å². The molecule has 0 amide bonds. The first-order valence-electron chi connectivity index (χ1n) is 10.3. The number of hydrogen-bond acceptors (Lipinski definition) is 6. The smallest absolute Gasteiger partial charge is 0.353 e. The van der Waals surface area contributed by atoms with Crippen LogP contribution in [0, 0.1) is 13.8 Å². The van der Waals surface area contributed by atoms with E-state index < -0.39 is 0 Å². The SMILES string of the molecule is Cc1cc(-c2c(-c3ccccc3)nc(N)n3c(=O)n(C(C)c4cccs4)nc23)cc(C)n1. The summed E-state index contributed by atoms with van der Waals surface area (Å²) >= 11 is 1.59. The number of thiophene rings is 1. The van der Waals surface area contributed by atoms with Crippen LogP contribution < -0.4 is 11.4 Å². The Kier molecular flexibility index (Phi) is 4.86. The van der Waals surface area contributed by atoms with Crippen molar-refractivity contribution in [3.05, 3.63) is 86.7 Å². The molecule has 0 aliphatic heterocycles. The van der Waals surface area contributed by atoms with Gasteiger partial charge in [-0.1, -0.05) is 36.4 Å². The molecular weight excluding hydrogens is 420 g/mol. The molecule has 160 valence electrons. The van der Waals surface area contributed by atoms with Gasteiger partial charge in [0.15, 0.2) is 5.65 Å². The average molecular weight is 443 g/mol. The van der Waals surface area contributed by atoms with Gasteiger partial charge < -0.3 is 5.73 Å². The standard InChI is InChI=1S/C24H22N6OS/c1-14-12-18(13-15(2)26-14)20-21(17-8-5-4-6-9-17)27-23(25)29-22(20)28-30(24(29)31)16(3)19-10-7-11-32-19/h4-13,16H,1-3H3,(H2,25,27). The van der Waals surface area contributed by atoms with Crippen molar-refractivity contribution in [2.24, 2.45) is 0 Å². The van der Waals surface area contributed by atoms with Gasteiger partial charge in [-0.3, -0.25) is 4.98 Å². The lowest BCUT2D eigenvalue weighted by atomic mass is 9.99. The first-order valence-corrected chi connectivity index (χ1v) is 11.2. The fourth-order valence-electron chi connectivity index (χ4n) is 4.03. The third kappa shape index (κ3) is 3.29. The summed E-state index contributed by atoms with van der Waals surface area (Å²) in [6, 6.07) is 17.5. The maximum Gasteiger partial charge on any atom is 0.353 e. The Morgan fingerprint density at radius 3 is 2.34 bits per heavy atom. The number of hydrogen-bond donors (Lipinski definition) is 1. The number of rotatable bonds is 4. The lowest BCUT2D eigenvalue weighted by Crippen LogP contribution is -2.25. The number of pyridine rings is 1. The Bertz CT molecular complexity index is 1460. The van der Waals surface area contributed by atoms with E-state index in [1.54, 1.807) is 11.3 Å². The quantitative estimate of drug-likeness (QED) is 0.443. The minimum atomic E-state index is -0.311. The van der Waals surface area contributed by atoms with Crippen LogP contribution in [-0.4, -0.2) is 24.1 Å². The third-order valence-electron chi connectivity index (χ3n) is 5.46. The van der Waals surface area contributed by atoms with E-state index in [0.717, 1.165) is 33.0 Å². The van der Waals surface area contributed by atoms with Crippen molar-refractivity contribution in [2.75, 3.05) is 5.73 Å². The Morgan fingerprint density at radius 2 is 1.69 bits per heavy atom. The summed E-state index contributed by atoms with van der Waals surface area (Å²) in [6.45, 7) is 5.86. The van der Waals surface area contributed by atoms with Gasteiger partial charge in [-0.05, 0) is 49.9 Å². The molecule has 0 bridgehead atoms. The van der Waals surface area contributed by atoms with E-state index in [4.69, 9.17) is 10.8 Å². The molecule has 4 aromatic heterocycles. The minimum Gasteiger partial charge on any atom is -0.369 e. The molecule has 1 aromatic carbocycles. The second kappa shape index (κ2) is 7.72. The first-order chi connectivity index (χ1) is 15.4. The fraction of sp³-hybridized carbons (Fsp3) is 0.167. The van der Waals surface area contributed by atoms with Crippen LogP contribution in [-0.2, 0) is 0 Å². The summed E-state index contributed by atoms with van der Waals surface area (Å²) in [6.07, 6.45) is 0. The number of aryl methyl sites for hydroxylation is 2. The van der Waals surface area contributed by atoms with E-state index >= 15 is 0 Å². The zero-order chi connectivity index (χ0) is 22.4. The molecule has 8 heteroatoms. The molecule has 0 aliphatic rings. The van der Waals surface area contributed by atoms with E-state index in [1.165, 1.54) is 9.08 Å². The molecule has 4 heterocycles. The molecule has 5 rings (SSSR count). The minimum absolute atomic E-state index is 0.111. The number of nitrogens with zero attached hydrogens (tertiary/aromatic N) is 5. The molecule has 2 N–H and O–H groups in total. The predicted molar refractivity (Wildman–Crippen MR) is 128 cm³/mol. The number of anilines is 1. The summed E-state index contributed by atoms with van der Waals surface area (Å²) < 4.78 is 2.88. The highest BCUT2D eigenvalue weighted by molar-refractivity contribution is 7.10. The summed E-state index contributed by atoms with van der Waals surface area (Å²) in [7, 11) is 0. The van der Waals surface area contributed by atoms with Crippen LogP contribution in [0.3, 0.4) is 0 Å².